The molecule has 0 unspecified atom stereocenters. The lowest BCUT2D eigenvalue weighted by Crippen LogP contribution is -2.38. The normalized spacial score (nSPS) is 18.7. The molecule has 1 N–H and O–H groups in total. The molecule has 0 aromatic heterocycles. The molecule has 2 aliphatic rings. The summed E-state index contributed by atoms with van der Waals surface area (Å²) >= 11 is 0. The number of esters is 2. The third-order valence-corrected chi connectivity index (χ3v) is 10.3. The lowest BCUT2D eigenvalue weighted by atomic mass is 9.85. The molecule has 0 aliphatic carbocycles. The van der Waals surface area contributed by atoms with Gasteiger partial charge < -0.3 is 34.1 Å². The molecular weight excluding hydrogens is 747 g/mol. The van der Waals surface area contributed by atoms with Crippen LogP contribution in [0.15, 0.2) is 36.4 Å². The largest absolute Gasteiger partial charge is 0.460 e. The van der Waals surface area contributed by atoms with Gasteiger partial charge in [-0.05, 0) is 157 Å². The molecule has 4 atom stereocenters. The van der Waals surface area contributed by atoms with Crippen LogP contribution in [0.25, 0.3) is 0 Å². The maximum Gasteiger partial charge on any atom is 0.410 e. The Morgan fingerprint density at radius 3 is 1.19 bits per heavy atom. The van der Waals surface area contributed by atoms with Gasteiger partial charge in [-0.25, -0.2) is 9.59 Å². The number of nitrogens with one attached hydrogen (secondary N) is 1. The topological polar surface area (TPSA) is 124 Å². The molecule has 328 valence electrons. The predicted molar refractivity (Wildman–Crippen MR) is 231 cm³/mol. The van der Waals surface area contributed by atoms with Crippen LogP contribution in [0.2, 0.25) is 0 Å². The maximum absolute atomic E-state index is 13.7. The summed E-state index contributed by atoms with van der Waals surface area (Å²) in [5.41, 5.74) is 4.08. The molecule has 11 heteroatoms. The Kier molecular flexibility index (Phi) is 15.4. The fourth-order valence-electron chi connectivity index (χ4n) is 8.05. The number of hydrogen-bond acceptors (Lipinski definition) is 9. The fourth-order valence-corrected chi connectivity index (χ4v) is 8.05. The van der Waals surface area contributed by atoms with Crippen molar-refractivity contribution in [3.05, 3.63) is 69.8 Å². The van der Waals surface area contributed by atoms with Crippen molar-refractivity contribution in [2.45, 2.75) is 158 Å². The van der Waals surface area contributed by atoms with Gasteiger partial charge in [-0.1, -0.05) is 47.5 Å². The van der Waals surface area contributed by atoms with E-state index < -0.39 is 34.2 Å². The lowest BCUT2D eigenvalue weighted by Gasteiger charge is -2.28. The van der Waals surface area contributed by atoms with E-state index in [0.717, 1.165) is 33.4 Å². The first-order valence-electron chi connectivity index (χ1n) is 21.4. The number of rotatable bonds is 12. The number of hydrogen-bond donors (Lipinski definition) is 1. The van der Waals surface area contributed by atoms with Crippen LogP contribution in [-0.2, 0) is 54.5 Å². The van der Waals surface area contributed by atoms with Gasteiger partial charge in [0, 0.05) is 39.3 Å². The summed E-state index contributed by atoms with van der Waals surface area (Å²) in [5.74, 6) is -1.42. The van der Waals surface area contributed by atoms with Crippen LogP contribution in [0, 0.1) is 37.5 Å². The zero-order chi connectivity index (χ0) is 44.1. The second-order valence-electron chi connectivity index (χ2n) is 20.9. The number of benzene rings is 2. The van der Waals surface area contributed by atoms with Crippen LogP contribution in [0.5, 0.6) is 0 Å². The highest BCUT2D eigenvalue weighted by molar-refractivity contribution is 5.75. The summed E-state index contributed by atoms with van der Waals surface area (Å²) in [5, 5.41) is 3.63. The molecule has 4 rings (SSSR count). The number of aryl methyl sites for hydroxylation is 2. The molecule has 0 radical (unpaired) electrons. The van der Waals surface area contributed by atoms with E-state index in [9.17, 15) is 19.2 Å². The molecule has 59 heavy (non-hydrogen) atoms. The highest BCUT2D eigenvalue weighted by Crippen LogP contribution is 2.33. The summed E-state index contributed by atoms with van der Waals surface area (Å²) in [6, 6.07) is 12.9. The van der Waals surface area contributed by atoms with Gasteiger partial charge in [0.15, 0.2) is 0 Å². The van der Waals surface area contributed by atoms with Crippen LogP contribution >= 0.6 is 0 Å². The molecule has 2 aromatic carbocycles. The SMILES string of the molecule is Cc1cc(CNCc2cc(C)cc(C[C@H](C(=O)OC(C)(C)C)[C@H]3CCN(C(=O)OC(C)(C)C)C3)c2)cc(C[C@H](C(=O)OC(C)(C)C)[C@H]2CCN(C(=O)OC(C)(C)C)C2)c1. The Balaban J connectivity index is 1.46. The van der Waals surface area contributed by atoms with Gasteiger partial charge in [0.05, 0.1) is 11.8 Å². The van der Waals surface area contributed by atoms with Gasteiger partial charge in [0.1, 0.15) is 22.4 Å². The fraction of sp³-hybridized carbons (Fsp3) is 0.667. The first-order chi connectivity index (χ1) is 27.1. The van der Waals surface area contributed by atoms with Crippen LogP contribution in [0.1, 0.15) is 129 Å². The molecule has 2 amide bonds. The molecule has 2 saturated heterocycles. The van der Waals surface area contributed by atoms with Crippen molar-refractivity contribution in [3.63, 3.8) is 0 Å². The second-order valence-corrected chi connectivity index (χ2v) is 20.9. The molecular formula is C48H73N3O8. The minimum absolute atomic E-state index is 0.0533. The quantitative estimate of drug-likeness (QED) is 0.165. The number of carbonyl (C=O) groups is 4. The second kappa shape index (κ2) is 19.1. The zero-order valence-electron chi connectivity index (χ0n) is 38.5. The van der Waals surface area contributed by atoms with E-state index in [2.05, 4.69) is 55.6 Å². The number of likely N-dealkylation sites (tertiary alicyclic amines) is 2. The van der Waals surface area contributed by atoms with Crippen molar-refractivity contribution in [1.82, 2.24) is 15.1 Å². The average molecular weight is 820 g/mol. The van der Waals surface area contributed by atoms with E-state index in [-0.39, 0.29) is 36.0 Å². The number of amides is 2. The first kappa shape index (κ1) is 47.6. The van der Waals surface area contributed by atoms with Gasteiger partial charge in [-0.2, -0.15) is 0 Å². The van der Waals surface area contributed by atoms with E-state index >= 15 is 0 Å². The number of nitrogens with zero attached hydrogens (tertiary/aromatic N) is 2. The molecule has 2 aliphatic heterocycles. The molecule has 2 fully saturated rings. The van der Waals surface area contributed by atoms with Crippen LogP contribution < -0.4 is 5.32 Å². The molecule has 11 nitrogen and oxygen atoms in total. The summed E-state index contributed by atoms with van der Waals surface area (Å²) < 4.78 is 23.2. The van der Waals surface area contributed by atoms with E-state index in [1.165, 1.54) is 0 Å². The third-order valence-electron chi connectivity index (χ3n) is 10.3. The van der Waals surface area contributed by atoms with E-state index in [1.54, 1.807) is 9.80 Å². The predicted octanol–water partition coefficient (Wildman–Crippen LogP) is 9.11. The summed E-state index contributed by atoms with van der Waals surface area (Å²) in [7, 11) is 0. The van der Waals surface area contributed by atoms with Gasteiger partial charge in [0.25, 0.3) is 0 Å². The Morgan fingerprint density at radius 2 is 0.864 bits per heavy atom. The van der Waals surface area contributed by atoms with E-state index in [4.69, 9.17) is 18.9 Å². The van der Waals surface area contributed by atoms with Crippen molar-refractivity contribution in [1.29, 1.82) is 0 Å². The minimum atomic E-state index is -0.633. The average Bonchev–Trinajstić information content (AvgIpc) is 3.74. The number of ether oxygens (including phenoxy) is 4. The molecule has 2 heterocycles. The Hall–Kier alpha value is -4.12. The molecule has 0 saturated carbocycles. The standard InChI is InChI=1S/C48H73N3O8/c1-31-19-33(25-39(41(52)56-45(3,4)5)37-15-17-50(29-37)43(54)58-47(9,10)11)23-35(21-31)27-49-28-36-22-32(2)20-34(24-36)26-40(42(53)57-46(6,7)8)38-16-18-51(30-38)44(55)59-48(12,13)14/h19-24,37-40,49H,15-18,25-30H2,1-14H3/t37-,38-,39-,40-/m0/s1. The van der Waals surface area contributed by atoms with E-state index in [0.29, 0.717) is 65.0 Å². The highest BCUT2D eigenvalue weighted by atomic mass is 16.6. The smallest absolute Gasteiger partial charge is 0.410 e. The third kappa shape index (κ3) is 15.8. The first-order valence-corrected chi connectivity index (χ1v) is 21.4. The molecule has 2 aromatic rings. The van der Waals surface area contributed by atoms with Gasteiger partial charge in [-0.15, -0.1) is 0 Å². The summed E-state index contributed by atoms with van der Waals surface area (Å²) in [4.78, 5) is 56.7. The van der Waals surface area contributed by atoms with Crippen molar-refractivity contribution < 1.29 is 38.1 Å². The van der Waals surface area contributed by atoms with Crippen molar-refractivity contribution in [3.8, 4) is 0 Å². The van der Waals surface area contributed by atoms with E-state index in [1.807, 2.05) is 83.1 Å². The summed E-state index contributed by atoms with van der Waals surface area (Å²) in [6.07, 6.45) is 1.71. The number of carbonyl (C=O) groups excluding carboxylic acids is 4. The maximum atomic E-state index is 13.7. The van der Waals surface area contributed by atoms with Crippen LogP contribution in [0.3, 0.4) is 0 Å². The monoisotopic (exact) mass is 820 g/mol. The Labute approximate surface area is 354 Å². The minimum Gasteiger partial charge on any atom is -0.460 e. The highest BCUT2D eigenvalue weighted by Gasteiger charge is 2.41. The molecule has 0 bridgehead atoms. The van der Waals surface area contributed by atoms with Crippen LogP contribution in [-0.4, -0.2) is 82.5 Å². The Bertz CT molecular complexity index is 1670. The zero-order valence-corrected chi connectivity index (χ0v) is 38.5. The van der Waals surface area contributed by atoms with Gasteiger partial charge in [-0.3, -0.25) is 9.59 Å². The van der Waals surface area contributed by atoms with Crippen molar-refractivity contribution >= 4 is 24.1 Å². The Morgan fingerprint density at radius 1 is 0.542 bits per heavy atom. The van der Waals surface area contributed by atoms with Gasteiger partial charge >= 0.3 is 24.1 Å². The van der Waals surface area contributed by atoms with Crippen molar-refractivity contribution in [2.24, 2.45) is 23.7 Å². The van der Waals surface area contributed by atoms with Gasteiger partial charge in [0.2, 0.25) is 0 Å². The van der Waals surface area contributed by atoms with Crippen molar-refractivity contribution in [2.75, 3.05) is 26.2 Å². The summed E-state index contributed by atoms with van der Waals surface area (Å²) in [6.45, 7) is 29.8. The van der Waals surface area contributed by atoms with Crippen LogP contribution in [0.4, 0.5) is 9.59 Å². The lowest BCUT2D eigenvalue weighted by molar-refractivity contribution is -0.163. The molecule has 0 spiro atoms.